The first-order chi connectivity index (χ1) is 11.9. The summed E-state index contributed by atoms with van der Waals surface area (Å²) in [6, 6.07) is 5.02. The predicted molar refractivity (Wildman–Crippen MR) is 95.8 cm³/mol. The highest BCUT2D eigenvalue weighted by atomic mass is 32.2. The first-order valence-electron chi connectivity index (χ1n) is 7.64. The molecule has 0 bridgehead atoms. The first-order valence-corrected chi connectivity index (χ1v) is 8.80. The van der Waals surface area contributed by atoms with Crippen LogP contribution in [-0.4, -0.2) is 21.8 Å². The second-order valence-corrected chi connectivity index (χ2v) is 6.67. The van der Waals surface area contributed by atoms with Crippen molar-refractivity contribution in [3.05, 3.63) is 51.5 Å². The number of hydrogen-bond donors (Lipinski definition) is 1. The normalized spacial score (nSPS) is 11.0. The summed E-state index contributed by atoms with van der Waals surface area (Å²) in [6.45, 7) is 5.44. The lowest BCUT2D eigenvalue weighted by Gasteiger charge is -2.10. The van der Waals surface area contributed by atoms with E-state index in [1.54, 1.807) is 13.0 Å². The second kappa shape index (κ2) is 7.10. The fraction of sp³-hybridized carbons (Fsp3) is 0.294. The maximum absolute atomic E-state index is 12.2. The molecular weight excluding hydrogens is 342 g/mol. The molecule has 2 aromatic heterocycles. The van der Waals surface area contributed by atoms with E-state index in [0.29, 0.717) is 28.7 Å². The van der Waals surface area contributed by atoms with Gasteiger partial charge in [0.05, 0.1) is 11.5 Å². The summed E-state index contributed by atoms with van der Waals surface area (Å²) in [6.07, 6.45) is 0. The maximum atomic E-state index is 12.2. The van der Waals surface area contributed by atoms with Gasteiger partial charge in [-0.25, -0.2) is 4.79 Å². The van der Waals surface area contributed by atoms with E-state index < -0.39 is 0 Å². The molecule has 25 heavy (non-hydrogen) atoms. The molecule has 0 unspecified atom stereocenters. The quantitative estimate of drug-likeness (QED) is 0.699. The zero-order valence-corrected chi connectivity index (χ0v) is 14.9. The summed E-state index contributed by atoms with van der Waals surface area (Å²) in [5.41, 5.74) is 2.47. The minimum atomic E-state index is -0.381. The van der Waals surface area contributed by atoms with Crippen LogP contribution in [0, 0.1) is 20.8 Å². The maximum Gasteiger partial charge on any atom is 0.336 e. The van der Waals surface area contributed by atoms with Gasteiger partial charge in [-0.05, 0) is 44.0 Å². The van der Waals surface area contributed by atoms with Gasteiger partial charge in [0.15, 0.2) is 5.82 Å². The third-order valence-corrected chi connectivity index (χ3v) is 4.52. The summed E-state index contributed by atoms with van der Waals surface area (Å²) in [5, 5.41) is 7.40. The number of rotatable bonds is 5. The van der Waals surface area contributed by atoms with Gasteiger partial charge in [0.25, 0.3) is 0 Å². The van der Waals surface area contributed by atoms with Gasteiger partial charge in [-0.1, -0.05) is 5.16 Å². The molecule has 0 aliphatic carbocycles. The van der Waals surface area contributed by atoms with Crippen LogP contribution in [0.2, 0.25) is 0 Å². The van der Waals surface area contributed by atoms with E-state index in [-0.39, 0.29) is 17.3 Å². The van der Waals surface area contributed by atoms with Crippen LogP contribution in [0.4, 0.5) is 5.69 Å². The Hall–Kier alpha value is -2.61. The zero-order valence-electron chi connectivity index (χ0n) is 14.1. The second-order valence-electron chi connectivity index (χ2n) is 5.69. The van der Waals surface area contributed by atoms with Crippen LogP contribution in [-0.2, 0) is 10.5 Å². The average Bonchev–Trinajstić information content (AvgIpc) is 2.94. The van der Waals surface area contributed by atoms with Gasteiger partial charge in [-0.2, -0.15) is 4.98 Å². The summed E-state index contributed by atoms with van der Waals surface area (Å²) in [4.78, 5) is 27.7. The topological polar surface area (TPSA) is 98.2 Å². The Morgan fingerprint density at radius 1 is 1.20 bits per heavy atom. The molecule has 0 saturated heterocycles. The molecule has 0 fully saturated rings. The van der Waals surface area contributed by atoms with E-state index in [4.69, 9.17) is 8.94 Å². The van der Waals surface area contributed by atoms with E-state index in [0.717, 1.165) is 16.5 Å². The number of hydrogen-bond acceptors (Lipinski definition) is 7. The van der Waals surface area contributed by atoms with Crippen LogP contribution in [0.5, 0.6) is 0 Å². The molecular formula is C17H17N3O4S. The molecule has 0 atom stereocenters. The van der Waals surface area contributed by atoms with Gasteiger partial charge in [-0.15, -0.1) is 11.8 Å². The molecule has 0 saturated carbocycles. The van der Waals surface area contributed by atoms with Crippen LogP contribution in [0.25, 0.3) is 11.0 Å². The molecule has 7 nitrogen and oxygen atoms in total. The highest BCUT2D eigenvalue weighted by Gasteiger charge is 2.11. The number of amides is 1. The molecule has 1 N–H and O–H groups in total. The lowest BCUT2D eigenvalue weighted by atomic mass is 10.1. The Labute approximate surface area is 147 Å². The lowest BCUT2D eigenvalue weighted by Crippen LogP contribution is -2.15. The number of aromatic nitrogens is 2. The minimum absolute atomic E-state index is 0.126. The number of carbonyl (C=O) groups is 1. The van der Waals surface area contributed by atoms with Crippen molar-refractivity contribution in [2.24, 2.45) is 0 Å². The number of carbonyl (C=O) groups excluding carboxylic acids is 1. The van der Waals surface area contributed by atoms with Crippen LogP contribution in [0.15, 0.2) is 31.9 Å². The van der Waals surface area contributed by atoms with Crippen molar-refractivity contribution in [2.75, 3.05) is 11.1 Å². The standard InChI is InChI=1S/C17H17N3O4S/c1-9-5-17(22)23-14-4-10(2)13(6-12(9)14)19-15(21)7-25-8-16-18-11(3)20-24-16/h4-6H,7-8H2,1-3H3,(H,19,21). The Kier molecular flexibility index (Phi) is 4.89. The summed E-state index contributed by atoms with van der Waals surface area (Å²) in [5.74, 6) is 1.70. The fourth-order valence-electron chi connectivity index (χ4n) is 2.42. The Balaban J connectivity index is 1.68. The molecule has 0 aliphatic rings. The number of nitrogens with one attached hydrogen (secondary N) is 1. The zero-order chi connectivity index (χ0) is 18.0. The van der Waals surface area contributed by atoms with E-state index in [9.17, 15) is 9.59 Å². The van der Waals surface area contributed by atoms with Crippen molar-refractivity contribution in [3.8, 4) is 0 Å². The highest BCUT2D eigenvalue weighted by molar-refractivity contribution is 7.99. The van der Waals surface area contributed by atoms with Gasteiger partial charge >= 0.3 is 5.63 Å². The SMILES string of the molecule is Cc1noc(CSCC(=O)Nc2cc3c(C)cc(=O)oc3cc2C)n1. The minimum Gasteiger partial charge on any atom is -0.423 e. The van der Waals surface area contributed by atoms with Crippen molar-refractivity contribution in [3.63, 3.8) is 0 Å². The molecule has 0 radical (unpaired) electrons. The Morgan fingerprint density at radius 3 is 2.72 bits per heavy atom. The van der Waals surface area contributed by atoms with Gasteiger partial charge in [0.1, 0.15) is 5.58 Å². The van der Waals surface area contributed by atoms with Gasteiger partial charge in [0, 0.05) is 17.1 Å². The lowest BCUT2D eigenvalue weighted by molar-refractivity contribution is -0.113. The fourth-order valence-corrected chi connectivity index (χ4v) is 3.07. The third kappa shape index (κ3) is 4.08. The predicted octanol–water partition coefficient (Wildman–Crippen LogP) is 2.97. The van der Waals surface area contributed by atoms with Crippen LogP contribution in [0.3, 0.4) is 0 Å². The molecule has 0 spiro atoms. The molecule has 130 valence electrons. The van der Waals surface area contributed by atoms with Crippen molar-refractivity contribution in [1.29, 1.82) is 0 Å². The monoisotopic (exact) mass is 359 g/mol. The van der Waals surface area contributed by atoms with Gasteiger partial charge in [0.2, 0.25) is 11.8 Å². The summed E-state index contributed by atoms with van der Waals surface area (Å²) < 4.78 is 10.2. The summed E-state index contributed by atoms with van der Waals surface area (Å²) >= 11 is 1.39. The highest BCUT2D eigenvalue weighted by Crippen LogP contribution is 2.25. The van der Waals surface area contributed by atoms with Gasteiger partial charge in [-0.3, -0.25) is 4.79 Å². The van der Waals surface area contributed by atoms with Crippen molar-refractivity contribution >= 4 is 34.3 Å². The molecule has 8 heteroatoms. The summed E-state index contributed by atoms with van der Waals surface area (Å²) in [7, 11) is 0. The molecule has 3 aromatic rings. The van der Waals surface area contributed by atoms with E-state index in [1.807, 2.05) is 19.9 Å². The molecule has 2 heterocycles. The smallest absolute Gasteiger partial charge is 0.336 e. The number of anilines is 1. The number of fused-ring (bicyclic) bond motifs is 1. The van der Waals surface area contributed by atoms with E-state index in [1.165, 1.54) is 17.8 Å². The Bertz CT molecular complexity index is 993. The van der Waals surface area contributed by atoms with Crippen molar-refractivity contribution in [1.82, 2.24) is 10.1 Å². The van der Waals surface area contributed by atoms with Crippen LogP contribution >= 0.6 is 11.8 Å². The first kappa shape index (κ1) is 17.2. The average molecular weight is 359 g/mol. The number of aryl methyl sites for hydroxylation is 3. The van der Waals surface area contributed by atoms with Crippen molar-refractivity contribution in [2.45, 2.75) is 26.5 Å². The van der Waals surface area contributed by atoms with E-state index >= 15 is 0 Å². The molecule has 1 amide bonds. The third-order valence-electron chi connectivity index (χ3n) is 3.60. The molecule has 1 aromatic carbocycles. The number of nitrogens with zero attached hydrogens (tertiary/aromatic N) is 2. The van der Waals surface area contributed by atoms with Crippen LogP contribution < -0.4 is 10.9 Å². The number of thioether (sulfide) groups is 1. The van der Waals surface area contributed by atoms with Crippen molar-refractivity contribution < 1.29 is 13.7 Å². The number of benzene rings is 1. The van der Waals surface area contributed by atoms with Gasteiger partial charge < -0.3 is 14.3 Å². The largest absolute Gasteiger partial charge is 0.423 e. The Morgan fingerprint density at radius 2 is 2.00 bits per heavy atom. The molecule has 0 aliphatic heterocycles. The van der Waals surface area contributed by atoms with Crippen LogP contribution in [0.1, 0.15) is 22.8 Å². The van der Waals surface area contributed by atoms with E-state index in [2.05, 4.69) is 15.5 Å². The molecule has 3 rings (SSSR count).